The van der Waals surface area contributed by atoms with Crippen LogP contribution in [0.2, 0.25) is 0 Å². The van der Waals surface area contributed by atoms with E-state index in [4.69, 9.17) is 5.73 Å². The van der Waals surface area contributed by atoms with Crippen molar-refractivity contribution in [2.45, 2.75) is 0 Å². The van der Waals surface area contributed by atoms with Crippen molar-refractivity contribution in [2.75, 3.05) is 33.2 Å². The Hall–Kier alpha value is -0.120. The first kappa shape index (κ1) is 7.88. The molecule has 0 heterocycles. The molecule has 0 aliphatic carbocycles. The first-order valence-corrected chi connectivity index (χ1v) is 2.97. The molecule has 0 aromatic rings. The Morgan fingerprint density at radius 1 is 1.25 bits per heavy atom. The Kier molecular flexibility index (Phi) is 6.78. The molecule has 0 aromatic heterocycles. The maximum Gasteiger partial charge on any atom is 0.00771 e. The summed E-state index contributed by atoms with van der Waals surface area (Å²) in [6.45, 7) is 3.67. The minimum absolute atomic E-state index is 0.726. The summed E-state index contributed by atoms with van der Waals surface area (Å²) < 4.78 is 0. The van der Waals surface area contributed by atoms with Crippen molar-refractivity contribution in [1.82, 2.24) is 10.6 Å². The predicted octanol–water partition coefficient (Wildman–Crippen LogP) is -1.25. The molecular weight excluding hydrogens is 102 g/mol. The average Bonchev–Trinajstić information content (AvgIpc) is 1.81. The Balaban J connectivity index is 2.53. The van der Waals surface area contributed by atoms with Gasteiger partial charge in [-0.1, -0.05) is 0 Å². The molecule has 3 heteroatoms. The standard InChI is InChI=1S/C5H15N3/c1-7-4-5-8-3-2-6/h7-8H,2-6H2,1H3. The lowest BCUT2D eigenvalue weighted by Crippen LogP contribution is -2.29. The van der Waals surface area contributed by atoms with Crippen LogP contribution in [-0.4, -0.2) is 33.2 Å². The van der Waals surface area contributed by atoms with E-state index in [2.05, 4.69) is 10.6 Å². The third kappa shape index (κ3) is 5.88. The molecule has 4 N–H and O–H groups in total. The summed E-state index contributed by atoms with van der Waals surface area (Å²) in [6.07, 6.45) is 0. The highest BCUT2D eigenvalue weighted by molar-refractivity contribution is 4.47. The quantitative estimate of drug-likeness (QED) is 0.395. The summed E-state index contributed by atoms with van der Waals surface area (Å²) in [4.78, 5) is 0. The summed E-state index contributed by atoms with van der Waals surface area (Å²) in [5, 5.41) is 6.17. The van der Waals surface area contributed by atoms with Gasteiger partial charge in [0.05, 0.1) is 0 Å². The molecule has 3 nitrogen and oxygen atoms in total. The molecule has 50 valence electrons. The van der Waals surface area contributed by atoms with Crippen LogP contribution in [0.15, 0.2) is 0 Å². The van der Waals surface area contributed by atoms with Gasteiger partial charge in [-0.2, -0.15) is 0 Å². The van der Waals surface area contributed by atoms with Crippen LogP contribution in [0.1, 0.15) is 0 Å². The van der Waals surface area contributed by atoms with Gasteiger partial charge < -0.3 is 16.4 Å². The van der Waals surface area contributed by atoms with E-state index in [1.807, 2.05) is 7.05 Å². The van der Waals surface area contributed by atoms with E-state index >= 15 is 0 Å². The maximum atomic E-state index is 5.23. The zero-order valence-corrected chi connectivity index (χ0v) is 5.41. The Labute approximate surface area is 50.6 Å². The number of nitrogens with one attached hydrogen (secondary N) is 2. The number of hydrogen-bond donors (Lipinski definition) is 3. The van der Waals surface area contributed by atoms with Crippen molar-refractivity contribution in [3.05, 3.63) is 0 Å². The fourth-order valence-electron chi connectivity index (χ4n) is 0.440. The van der Waals surface area contributed by atoms with Gasteiger partial charge in [0.1, 0.15) is 0 Å². The minimum Gasteiger partial charge on any atom is -0.329 e. The molecule has 0 bridgehead atoms. The van der Waals surface area contributed by atoms with Crippen molar-refractivity contribution in [1.29, 1.82) is 0 Å². The highest BCUT2D eigenvalue weighted by Gasteiger charge is 1.79. The molecule has 0 atom stereocenters. The highest BCUT2D eigenvalue weighted by Crippen LogP contribution is 1.53. The zero-order chi connectivity index (χ0) is 6.24. The first-order chi connectivity index (χ1) is 3.91. The number of nitrogens with two attached hydrogens (primary N) is 1. The molecule has 8 heavy (non-hydrogen) atoms. The monoisotopic (exact) mass is 117 g/mol. The molecule has 0 aliphatic rings. The first-order valence-electron chi connectivity index (χ1n) is 2.97. The van der Waals surface area contributed by atoms with Crippen LogP contribution in [0.5, 0.6) is 0 Å². The summed E-state index contributed by atoms with van der Waals surface area (Å²) in [7, 11) is 1.93. The van der Waals surface area contributed by atoms with Gasteiger partial charge in [0, 0.05) is 26.2 Å². The molecule has 0 rings (SSSR count). The lowest BCUT2D eigenvalue weighted by molar-refractivity contribution is 0.654. The second-order valence-corrected chi connectivity index (χ2v) is 1.64. The summed E-state index contributed by atoms with van der Waals surface area (Å²) >= 11 is 0. The average molecular weight is 117 g/mol. The van der Waals surface area contributed by atoms with E-state index < -0.39 is 0 Å². The van der Waals surface area contributed by atoms with Gasteiger partial charge in [0.15, 0.2) is 0 Å². The Bertz CT molecular complexity index is 32.7. The molecule has 0 aliphatic heterocycles. The van der Waals surface area contributed by atoms with Gasteiger partial charge in [0.2, 0.25) is 0 Å². The fourth-order valence-corrected chi connectivity index (χ4v) is 0.440. The van der Waals surface area contributed by atoms with E-state index in [0.717, 1.165) is 26.2 Å². The van der Waals surface area contributed by atoms with E-state index in [-0.39, 0.29) is 0 Å². The summed E-state index contributed by atoms with van der Waals surface area (Å²) in [6, 6.07) is 0. The largest absolute Gasteiger partial charge is 0.329 e. The van der Waals surface area contributed by atoms with Crippen molar-refractivity contribution in [3.8, 4) is 0 Å². The highest BCUT2D eigenvalue weighted by atomic mass is 14.9. The van der Waals surface area contributed by atoms with Crippen LogP contribution in [-0.2, 0) is 0 Å². The van der Waals surface area contributed by atoms with Gasteiger partial charge >= 0.3 is 0 Å². The normalized spacial score (nSPS) is 9.75. The molecule has 0 radical (unpaired) electrons. The third-order valence-corrected chi connectivity index (χ3v) is 0.873. The molecule has 0 fully saturated rings. The molecule has 0 amide bonds. The second-order valence-electron chi connectivity index (χ2n) is 1.64. The van der Waals surface area contributed by atoms with E-state index in [1.54, 1.807) is 0 Å². The molecular formula is C5H15N3. The second kappa shape index (κ2) is 6.88. The van der Waals surface area contributed by atoms with Gasteiger partial charge in [-0.05, 0) is 7.05 Å². The van der Waals surface area contributed by atoms with Crippen LogP contribution < -0.4 is 16.4 Å². The number of hydrogen-bond acceptors (Lipinski definition) is 3. The van der Waals surface area contributed by atoms with Crippen LogP contribution >= 0.6 is 0 Å². The topological polar surface area (TPSA) is 50.1 Å². The minimum atomic E-state index is 0.726. The van der Waals surface area contributed by atoms with Crippen molar-refractivity contribution < 1.29 is 0 Å². The van der Waals surface area contributed by atoms with E-state index in [0.29, 0.717) is 0 Å². The lowest BCUT2D eigenvalue weighted by atomic mass is 10.6. The molecule has 0 spiro atoms. The van der Waals surface area contributed by atoms with Gasteiger partial charge in [-0.3, -0.25) is 0 Å². The Morgan fingerprint density at radius 3 is 2.50 bits per heavy atom. The van der Waals surface area contributed by atoms with Gasteiger partial charge in [0.25, 0.3) is 0 Å². The van der Waals surface area contributed by atoms with Gasteiger partial charge in [-0.15, -0.1) is 0 Å². The van der Waals surface area contributed by atoms with E-state index in [9.17, 15) is 0 Å². The smallest absolute Gasteiger partial charge is 0.00771 e. The fraction of sp³-hybridized carbons (Fsp3) is 1.00. The number of rotatable bonds is 5. The van der Waals surface area contributed by atoms with Crippen LogP contribution in [0.3, 0.4) is 0 Å². The predicted molar refractivity (Wildman–Crippen MR) is 35.9 cm³/mol. The maximum absolute atomic E-state index is 5.23. The molecule has 0 saturated heterocycles. The van der Waals surface area contributed by atoms with E-state index in [1.165, 1.54) is 0 Å². The van der Waals surface area contributed by atoms with Crippen molar-refractivity contribution >= 4 is 0 Å². The summed E-state index contributed by atoms with van der Waals surface area (Å²) in [5.41, 5.74) is 5.23. The van der Waals surface area contributed by atoms with Crippen LogP contribution in [0.4, 0.5) is 0 Å². The van der Waals surface area contributed by atoms with Crippen LogP contribution in [0.25, 0.3) is 0 Å². The van der Waals surface area contributed by atoms with Crippen LogP contribution in [0, 0.1) is 0 Å². The molecule has 0 saturated carbocycles. The third-order valence-electron chi connectivity index (χ3n) is 0.873. The van der Waals surface area contributed by atoms with Crippen molar-refractivity contribution in [3.63, 3.8) is 0 Å². The lowest BCUT2D eigenvalue weighted by Gasteiger charge is -1.99. The number of likely N-dealkylation sites (N-methyl/N-ethyl adjacent to an activating group) is 1. The molecule has 0 unspecified atom stereocenters. The summed E-state index contributed by atoms with van der Waals surface area (Å²) in [5.74, 6) is 0. The SMILES string of the molecule is CNCCNCCN. The molecule has 0 aromatic carbocycles. The Morgan fingerprint density at radius 2 is 2.00 bits per heavy atom. The zero-order valence-electron chi connectivity index (χ0n) is 5.41. The van der Waals surface area contributed by atoms with Gasteiger partial charge in [-0.25, -0.2) is 0 Å². The van der Waals surface area contributed by atoms with Crippen molar-refractivity contribution in [2.24, 2.45) is 5.73 Å².